The SMILES string of the molecule is Brc1ccc2c(c1)-c1nc3ccccc3n1CC2. The van der Waals surface area contributed by atoms with Gasteiger partial charge in [-0.25, -0.2) is 4.98 Å². The van der Waals surface area contributed by atoms with E-state index in [1.807, 2.05) is 6.07 Å². The highest BCUT2D eigenvalue weighted by Gasteiger charge is 2.19. The summed E-state index contributed by atoms with van der Waals surface area (Å²) >= 11 is 3.55. The number of halogens is 1. The Labute approximate surface area is 113 Å². The van der Waals surface area contributed by atoms with Gasteiger partial charge in [-0.15, -0.1) is 0 Å². The lowest BCUT2D eigenvalue weighted by Crippen LogP contribution is -2.10. The molecule has 1 aliphatic rings. The van der Waals surface area contributed by atoms with Crippen LogP contribution in [0.5, 0.6) is 0 Å². The number of para-hydroxylation sites is 2. The summed E-state index contributed by atoms with van der Waals surface area (Å²) in [5.41, 5.74) is 4.96. The second kappa shape index (κ2) is 3.69. The third-order valence-corrected chi connectivity index (χ3v) is 4.07. The van der Waals surface area contributed by atoms with Gasteiger partial charge >= 0.3 is 0 Å². The Morgan fingerprint density at radius 2 is 2.00 bits per heavy atom. The molecule has 1 aliphatic heterocycles. The van der Waals surface area contributed by atoms with Gasteiger partial charge in [-0.05, 0) is 36.2 Å². The van der Waals surface area contributed by atoms with Gasteiger partial charge < -0.3 is 4.57 Å². The van der Waals surface area contributed by atoms with E-state index in [2.05, 4.69) is 56.9 Å². The monoisotopic (exact) mass is 298 g/mol. The molecule has 2 heterocycles. The van der Waals surface area contributed by atoms with E-state index >= 15 is 0 Å². The van der Waals surface area contributed by atoms with Crippen molar-refractivity contribution in [3.05, 3.63) is 52.5 Å². The molecule has 3 aromatic rings. The molecular weight excluding hydrogens is 288 g/mol. The minimum atomic E-state index is 1.02. The minimum Gasteiger partial charge on any atom is -0.324 e. The quantitative estimate of drug-likeness (QED) is 0.613. The van der Waals surface area contributed by atoms with E-state index in [4.69, 9.17) is 4.98 Å². The van der Waals surface area contributed by atoms with Crippen LogP contribution in [0, 0.1) is 0 Å². The number of aromatic nitrogens is 2. The highest BCUT2D eigenvalue weighted by atomic mass is 79.9. The molecule has 0 N–H and O–H groups in total. The normalized spacial score (nSPS) is 13.4. The highest BCUT2D eigenvalue weighted by Crippen LogP contribution is 2.33. The molecule has 0 amide bonds. The molecule has 2 nitrogen and oxygen atoms in total. The Balaban J connectivity index is 2.08. The molecule has 18 heavy (non-hydrogen) atoms. The van der Waals surface area contributed by atoms with Gasteiger partial charge in [-0.3, -0.25) is 0 Å². The van der Waals surface area contributed by atoms with Crippen molar-refractivity contribution in [2.45, 2.75) is 13.0 Å². The summed E-state index contributed by atoms with van der Waals surface area (Å²) in [4.78, 5) is 4.78. The Morgan fingerprint density at radius 1 is 1.11 bits per heavy atom. The maximum atomic E-state index is 4.78. The summed E-state index contributed by atoms with van der Waals surface area (Å²) < 4.78 is 3.44. The zero-order valence-corrected chi connectivity index (χ0v) is 11.3. The van der Waals surface area contributed by atoms with Gasteiger partial charge in [-0.2, -0.15) is 0 Å². The molecule has 0 radical (unpaired) electrons. The maximum absolute atomic E-state index is 4.78. The van der Waals surface area contributed by atoms with Crippen LogP contribution in [0.4, 0.5) is 0 Å². The summed E-state index contributed by atoms with van der Waals surface area (Å²) in [7, 11) is 0. The third-order valence-electron chi connectivity index (χ3n) is 3.57. The predicted octanol–water partition coefficient (Wildman–Crippen LogP) is 4.02. The largest absolute Gasteiger partial charge is 0.324 e. The van der Waals surface area contributed by atoms with E-state index in [9.17, 15) is 0 Å². The molecule has 1 aromatic heterocycles. The predicted molar refractivity (Wildman–Crippen MR) is 76.6 cm³/mol. The van der Waals surface area contributed by atoms with Crippen molar-refractivity contribution >= 4 is 27.0 Å². The number of fused-ring (bicyclic) bond motifs is 5. The van der Waals surface area contributed by atoms with Gasteiger partial charge in [0.25, 0.3) is 0 Å². The maximum Gasteiger partial charge on any atom is 0.141 e. The van der Waals surface area contributed by atoms with Crippen LogP contribution in [0.3, 0.4) is 0 Å². The van der Waals surface area contributed by atoms with Crippen LogP contribution in [-0.2, 0) is 13.0 Å². The number of aryl methyl sites for hydroxylation is 2. The fourth-order valence-electron chi connectivity index (χ4n) is 2.71. The molecule has 2 aromatic carbocycles. The van der Waals surface area contributed by atoms with Crippen LogP contribution in [0.25, 0.3) is 22.4 Å². The van der Waals surface area contributed by atoms with E-state index in [-0.39, 0.29) is 0 Å². The molecule has 88 valence electrons. The first kappa shape index (κ1) is 10.3. The fourth-order valence-corrected chi connectivity index (χ4v) is 3.08. The van der Waals surface area contributed by atoms with Crippen LogP contribution in [0.1, 0.15) is 5.56 Å². The smallest absolute Gasteiger partial charge is 0.141 e. The topological polar surface area (TPSA) is 17.8 Å². The summed E-state index contributed by atoms with van der Waals surface area (Å²) in [5.74, 6) is 1.10. The summed E-state index contributed by atoms with van der Waals surface area (Å²) in [6.07, 6.45) is 1.08. The Morgan fingerprint density at radius 3 is 2.94 bits per heavy atom. The van der Waals surface area contributed by atoms with Crippen LogP contribution in [0.15, 0.2) is 46.9 Å². The lowest BCUT2D eigenvalue weighted by Gasteiger charge is -2.18. The average Bonchev–Trinajstić information content (AvgIpc) is 2.78. The van der Waals surface area contributed by atoms with Crippen LogP contribution < -0.4 is 0 Å². The Hall–Kier alpha value is -1.61. The Bertz CT molecular complexity index is 758. The van der Waals surface area contributed by atoms with E-state index in [1.54, 1.807) is 0 Å². The van der Waals surface area contributed by atoms with Crippen molar-refractivity contribution in [1.82, 2.24) is 9.55 Å². The molecular formula is C15H11BrN2. The standard InChI is InChI=1S/C15H11BrN2/c16-11-6-5-10-7-8-18-14-4-2-1-3-13(14)17-15(18)12(10)9-11/h1-6,9H,7-8H2. The number of hydrogen-bond acceptors (Lipinski definition) is 1. The van der Waals surface area contributed by atoms with E-state index in [1.165, 1.54) is 16.6 Å². The van der Waals surface area contributed by atoms with Crippen molar-refractivity contribution in [3.8, 4) is 11.4 Å². The van der Waals surface area contributed by atoms with Crippen molar-refractivity contribution in [2.75, 3.05) is 0 Å². The molecule has 0 aliphatic carbocycles. The number of rotatable bonds is 0. The second-order valence-corrected chi connectivity index (χ2v) is 5.54. The number of hydrogen-bond donors (Lipinski definition) is 0. The van der Waals surface area contributed by atoms with E-state index in [0.29, 0.717) is 0 Å². The molecule has 0 atom stereocenters. The molecule has 0 bridgehead atoms. The van der Waals surface area contributed by atoms with Gasteiger partial charge in [0.05, 0.1) is 11.0 Å². The molecule has 3 heteroatoms. The fraction of sp³-hybridized carbons (Fsp3) is 0.133. The number of imidazole rings is 1. The number of nitrogens with zero attached hydrogens (tertiary/aromatic N) is 2. The van der Waals surface area contributed by atoms with Crippen LogP contribution >= 0.6 is 15.9 Å². The van der Waals surface area contributed by atoms with Gasteiger partial charge in [0.1, 0.15) is 5.82 Å². The van der Waals surface area contributed by atoms with Crippen LogP contribution in [-0.4, -0.2) is 9.55 Å². The minimum absolute atomic E-state index is 1.02. The molecule has 4 rings (SSSR count). The van der Waals surface area contributed by atoms with Crippen molar-refractivity contribution in [3.63, 3.8) is 0 Å². The Kier molecular flexibility index (Phi) is 2.12. The molecule has 0 unspecified atom stereocenters. The molecule has 0 spiro atoms. The van der Waals surface area contributed by atoms with E-state index in [0.717, 1.165) is 28.8 Å². The first-order valence-corrected chi connectivity index (χ1v) is 6.86. The molecule has 0 fully saturated rings. The zero-order valence-electron chi connectivity index (χ0n) is 9.73. The van der Waals surface area contributed by atoms with Crippen molar-refractivity contribution < 1.29 is 0 Å². The van der Waals surface area contributed by atoms with Crippen molar-refractivity contribution in [1.29, 1.82) is 0 Å². The number of benzene rings is 2. The lowest BCUT2D eigenvalue weighted by molar-refractivity contribution is 0.702. The molecule has 0 saturated heterocycles. The average molecular weight is 299 g/mol. The summed E-state index contributed by atoms with van der Waals surface area (Å²) in [6, 6.07) is 14.8. The van der Waals surface area contributed by atoms with Crippen LogP contribution in [0.2, 0.25) is 0 Å². The second-order valence-electron chi connectivity index (χ2n) is 4.63. The van der Waals surface area contributed by atoms with E-state index < -0.39 is 0 Å². The highest BCUT2D eigenvalue weighted by molar-refractivity contribution is 9.10. The van der Waals surface area contributed by atoms with Crippen molar-refractivity contribution in [2.24, 2.45) is 0 Å². The first-order chi connectivity index (χ1) is 8.83. The molecule has 0 saturated carbocycles. The third kappa shape index (κ3) is 1.37. The van der Waals surface area contributed by atoms with Gasteiger partial charge in [0.2, 0.25) is 0 Å². The summed E-state index contributed by atoms with van der Waals surface area (Å²) in [6.45, 7) is 1.02. The first-order valence-electron chi connectivity index (χ1n) is 6.07. The zero-order chi connectivity index (χ0) is 12.1. The summed E-state index contributed by atoms with van der Waals surface area (Å²) in [5, 5.41) is 0. The van der Waals surface area contributed by atoms with Gasteiger partial charge in [-0.1, -0.05) is 34.1 Å². The lowest BCUT2D eigenvalue weighted by atomic mass is 10.0. The van der Waals surface area contributed by atoms with Gasteiger partial charge in [0, 0.05) is 16.6 Å². The van der Waals surface area contributed by atoms with Gasteiger partial charge in [0.15, 0.2) is 0 Å².